The van der Waals surface area contributed by atoms with E-state index in [0.717, 1.165) is 19.3 Å². The molecule has 216 valence electrons. The Morgan fingerprint density at radius 1 is 0.861 bits per heavy atom. The highest BCUT2D eigenvalue weighted by Crippen LogP contribution is 2.41. The second-order valence-electron chi connectivity index (χ2n) is 10.8. The van der Waals surface area contributed by atoms with Crippen molar-refractivity contribution in [2.45, 2.75) is 122 Å². The molecule has 0 aliphatic rings. The number of nitrogens with zero attached hydrogens (tertiary/aromatic N) is 1. The normalized spacial score (nSPS) is 15.5. The van der Waals surface area contributed by atoms with Crippen LogP contribution in [0.15, 0.2) is 0 Å². The van der Waals surface area contributed by atoms with Crippen LogP contribution >= 0.6 is 7.82 Å². The Morgan fingerprint density at radius 2 is 1.31 bits per heavy atom. The van der Waals surface area contributed by atoms with E-state index in [9.17, 15) is 19.4 Å². The molecule has 0 aromatic rings. The van der Waals surface area contributed by atoms with Crippen LogP contribution in [0.4, 0.5) is 0 Å². The maximum Gasteiger partial charge on any atom is 0.268 e. The van der Waals surface area contributed by atoms with E-state index in [1.165, 1.54) is 70.6 Å². The van der Waals surface area contributed by atoms with E-state index in [-0.39, 0.29) is 13.0 Å². The molecule has 0 saturated heterocycles. The average molecular weight is 540 g/mol. The lowest BCUT2D eigenvalue weighted by atomic mass is 10.0. The van der Waals surface area contributed by atoms with Crippen LogP contribution in [0.25, 0.3) is 0 Å². The van der Waals surface area contributed by atoms with Crippen molar-refractivity contribution in [1.82, 2.24) is 0 Å². The van der Waals surface area contributed by atoms with Gasteiger partial charge in [0.15, 0.2) is 11.9 Å². The lowest BCUT2D eigenvalue weighted by molar-refractivity contribution is -0.870. The first kappa shape index (κ1) is 35.6. The third kappa shape index (κ3) is 20.7. The number of aliphatic hydroxyl groups is 1. The van der Waals surface area contributed by atoms with Gasteiger partial charge in [-0.2, -0.15) is 0 Å². The number of hydrogen-bond acceptors (Lipinski definition) is 8. The molecule has 0 aliphatic carbocycles. The van der Waals surface area contributed by atoms with E-state index < -0.39 is 32.4 Å². The number of unbranched alkanes of at least 4 members (excludes halogenated alkanes) is 14. The standard InChI is InChI=1S/C26H54NO8P/c1-5-6-7-8-9-10-11-12-13-14-15-16-17-18-19-20-24(29)26(25(23-28)34-30)35-36(31,32)33-22-21-27(2,3)4/h25-26,28H,5-23H2,1-4H3,(H-,30,31,32)/t25-,26?/m0/s1. The van der Waals surface area contributed by atoms with Gasteiger partial charge in [0, 0.05) is 6.42 Å². The number of Topliss-reactive ketones (excluding diaryl/α,β-unsaturated/α-hetero) is 1. The molecule has 0 aromatic carbocycles. The van der Waals surface area contributed by atoms with E-state index in [2.05, 4.69) is 11.8 Å². The topological polar surface area (TPSA) is 125 Å². The fourth-order valence-corrected chi connectivity index (χ4v) is 4.82. The number of aliphatic hydroxyl groups excluding tert-OH is 1. The quantitative estimate of drug-likeness (QED) is 0.0502. The summed E-state index contributed by atoms with van der Waals surface area (Å²) in [7, 11) is 0.813. The molecule has 0 spiro atoms. The maximum absolute atomic E-state index is 12.6. The highest BCUT2D eigenvalue weighted by molar-refractivity contribution is 7.45. The van der Waals surface area contributed by atoms with Gasteiger partial charge in [-0.15, -0.1) is 0 Å². The fourth-order valence-electron chi connectivity index (χ4n) is 3.93. The summed E-state index contributed by atoms with van der Waals surface area (Å²) >= 11 is 0. The molecular formula is C26H54NO8P. The molecule has 0 bridgehead atoms. The second-order valence-corrected chi connectivity index (χ2v) is 12.2. The summed E-state index contributed by atoms with van der Waals surface area (Å²) in [5.74, 6) is -0.552. The van der Waals surface area contributed by atoms with Crippen molar-refractivity contribution in [1.29, 1.82) is 0 Å². The van der Waals surface area contributed by atoms with Crippen molar-refractivity contribution in [2.75, 3.05) is 40.9 Å². The molecule has 36 heavy (non-hydrogen) atoms. The van der Waals surface area contributed by atoms with E-state index in [1.807, 2.05) is 21.1 Å². The van der Waals surface area contributed by atoms with Gasteiger partial charge in [-0.3, -0.25) is 14.6 Å². The molecule has 0 amide bonds. The van der Waals surface area contributed by atoms with E-state index in [4.69, 9.17) is 14.3 Å². The molecule has 3 atom stereocenters. The van der Waals surface area contributed by atoms with Crippen molar-refractivity contribution in [2.24, 2.45) is 0 Å². The summed E-state index contributed by atoms with van der Waals surface area (Å²) in [6.45, 7) is 1.76. The number of ketones is 1. The number of likely N-dealkylation sites (N-methyl/N-ethyl adjacent to an activating group) is 1. The van der Waals surface area contributed by atoms with Crippen LogP contribution in [-0.2, 0) is 23.3 Å². The molecule has 0 radical (unpaired) electrons. The molecule has 0 saturated carbocycles. The number of hydrogen-bond donors (Lipinski definition) is 2. The lowest BCUT2D eigenvalue weighted by Crippen LogP contribution is -2.41. The number of phosphoric ester groups is 1. The van der Waals surface area contributed by atoms with Gasteiger partial charge in [0.25, 0.3) is 7.82 Å². The molecular weight excluding hydrogens is 485 g/mol. The predicted octanol–water partition coefficient (Wildman–Crippen LogP) is 5.24. The Kier molecular flexibility index (Phi) is 21.3. The molecule has 2 unspecified atom stereocenters. The first-order valence-corrected chi connectivity index (χ1v) is 15.4. The molecule has 0 fully saturated rings. The molecule has 10 heteroatoms. The Bertz CT molecular complexity index is 581. The van der Waals surface area contributed by atoms with Gasteiger partial charge in [0.2, 0.25) is 0 Å². The number of carbonyl (C=O) groups excluding carboxylic acids is 1. The number of phosphoric acid groups is 1. The minimum Gasteiger partial charge on any atom is -0.756 e. The summed E-state index contributed by atoms with van der Waals surface area (Å²) in [6.07, 6.45) is 14.9. The lowest BCUT2D eigenvalue weighted by Gasteiger charge is -2.31. The first-order chi connectivity index (χ1) is 17.1. The number of quaternary nitrogens is 1. The Morgan fingerprint density at radius 3 is 1.69 bits per heavy atom. The van der Waals surface area contributed by atoms with E-state index in [1.54, 1.807) is 0 Å². The largest absolute Gasteiger partial charge is 0.756 e. The zero-order chi connectivity index (χ0) is 27.3. The summed E-state index contributed by atoms with van der Waals surface area (Å²) in [5, 5.41) is 18.4. The zero-order valence-electron chi connectivity index (χ0n) is 23.3. The molecule has 0 heterocycles. The summed E-state index contributed by atoms with van der Waals surface area (Å²) in [4.78, 5) is 28.9. The molecule has 2 N–H and O–H groups in total. The van der Waals surface area contributed by atoms with Crippen LogP contribution in [0.1, 0.15) is 110 Å². The summed E-state index contributed by atoms with van der Waals surface area (Å²) in [5.41, 5.74) is 0. The minimum absolute atomic E-state index is 0.0711. The number of carbonyl (C=O) groups is 1. The third-order valence-corrected chi connectivity index (χ3v) is 7.24. The molecule has 9 nitrogen and oxygen atoms in total. The molecule has 0 aromatic heterocycles. The van der Waals surface area contributed by atoms with Crippen molar-refractivity contribution in [3.05, 3.63) is 0 Å². The van der Waals surface area contributed by atoms with Gasteiger partial charge < -0.3 is 23.5 Å². The van der Waals surface area contributed by atoms with Gasteiger partial charge in [0.05, 0.1) is 27.7 Å². The maximum atomic E-state index is 12.6. The van der Waals surface area contributed by atoms with Crippen LogP contribution in [0.2, 0.25) is 0 Å². The fraction of sp³-hybridized carbons (Fsp3) is 0.962. The highest BCUT2D eigenvalue weighted by atomic mass is 31.2. The highest BCUT2D eigenvalue weighted by Gasteiger charge is 2.33. The zero-order valence-corrected chi connectivity index (χ0v) is 24.2. The van der Waals surface area contributed by atoms with Crippen LogP contribution in [0.3, 0.4) is 0 Å². The Balaban J connectivity index is 4.12. The van der Waals surface area contributed by atoms with Crippen LogP contribution in [0.5, 0.6) is 0 Å². The van der Waals surface area contributed by atoms with Gasteiger partial charge in [-0.05, 0) is 6.42 Å². The van der Waals surface area contributed by atoms with Crippen LogP contribution in [0, 0.1) is 0 Å². The van der Waals surface area contributed by atoms with E-state index >= 15 is 0 Å². The minimum atomic E-state index is -4.83. The summed E-state index contributed by atoms with van der Waals surface area (Å²) in [6, 6.07) is 0. The van der Waals surface area contributed by atoms with Gasteiger partial charge in [-0.1, -0.05) is 96.8 Å². The Hall–Kier alpha value is -0.380. The smallest absolute Gasteiger partial charge is 0.268 e. The van der Waals surface area contributed by atoms with Crippen molar-refractivity contribution in [3.8, 4) is 0 Å². The van der Waals surface area contributed by atoms with Crippen molar-refractivity contribution in [3.63, 3.8) is 0 Å². The molecule has 0 aliphatic heterocycles. The molecule has 0 rings (SSSR count). The van der Waals surface area contributed by atoms with Crippen molar-refractivity contribution < 1.29 is 43.0 Å². The monoisotopic (exact) mass is 539 g/mol. The van der Waals surface area contributed by atoms with E-state index in [0.29, 0.717) is 17.4 Å². The predicted molar refractivity (Wildman–Crippen MR) is 140 cm³/mol. The van der Waals surface area contributed by atoms with Crippen LogP contribution in [-0.4, -0.2) is 73.7 Å². The van der Waals surface area contributed by atoms with Gasteiger partial charge >= 0.3 is 0 Å². The first-order valence-electron chi connectivity index (χ1n) is 13.9. The number of rotatable bonds is 26. The third-order valence-electron chi connectivity index (χ3n) is 6.25. The second kappa shape index (κ2) is 21.5. The average Bonchev–Trinajstić information content (AvgIpc) is 2.80. The van der Waals surface area contributed by atoms with Crippen LogP contribution < -0.4 is 4.89 Å². The summed E-state index contributed by atoms with van der Waals surface area (Å²) < 4.78 is 22.4. The SMILES string of the molecule is CCCCCCCCCCCCCCCCCC(=O)C(OP(=O)([O-])OCC[N+](C)(C)C)[C@H](CO)OO. The van der Waals surface area contributed by atoms with Gasteiger partial charge in [0.1, 0.15) is 19.3 Å². The van der Waals surface area contributed by atoms with Crippen molar-refractivity contribution >= 4 is 13.6 Å². The Labute approximate surface area is 219 Å². The van der Waals surface area contributed by atoms with Gasteiger partial charge in [-0.25, -0.2) is 4.89 Å².